The van der Waals surface area contributed by atoms with E-state index in [-0.39, 0.29) is 25.0 Å². The fourth-order valence-electron chi connectivity index (χ4n) is 3.21. The second-order valence-corrected chi connectivity index (χ2v) is 6.35. The predicted octanol–water partition coefficient (Wildman–Crippen LogP) is 2.98. The number of carbonyl (C=O) groups excluding carboxylic acids is 3. The third kappa shape index (κ3) is 3.96. The minimum Gasteiger partial charge on any atom is -0.465 e. The van der Waals surface area contributed by atoms with Crippen molar-refractivity contribution in [1.29, 1.82) is 0 Å². The maximum Gasteiger partial charge on any atom is 0.326 e. The van der Waals surface area contributed by atoms with Crippen LogP contribution in [-0.4, -0.2) is 40.7 Å². The number of benzene rings is 2. The summed E-state index contributed by atoms with van der Waals surface area (Å²) in [6.45, 7) is 3.15. The number of nitrogens with zero attached hydrogens (tertiary/aromatic N) is 2. The summed E-state index contributed by atoms with van der Waals surface area (Å²) in [5, 5.41) is 0. The molecule has 0 radical (unpaired) electrons. The molecule has 1 unspecified atom stereocenters. The third-order valence-corrected chi connectivity index (χ3v) is 4.47. The lowest BCUT2D eigenvalue weighted by Gasteiger charge is -2.39. The number of hydrogen-bond donors (Lipinski definition) is 0. The highest BCUT2D eigenvalue weighted by atomic mass is 16.5. The fraction of sp³-hybridized carbons (Fsp3) is 0.227. The molecule has 0 bridgehead atoms. The van der Waals surface area contributed by atoms with E-state index in [1.54, 1.807) is 25.3 Å². The molecule has 3 rings (SSSR count). The maximum absolute atomic E-state index is 13.4. The van der Waals surface area contributed by atoms with E-state index in [1.165, 1.54) is 16.7 Å². The number of esters is 1. The van der Waals surface area contributed by atoms with E-state index in [2.05, 4.69) is 0 Å². The van der Waals surface area contributed by atoms with Crippen molar-refractivity contribution in [2.75, 3.05) is 13.2 Å². The molecule has 0 saturated carbocycles. The summed E-state index contributed by atoms with van der Waals surface area (Å²) in [5.74, 6) is -1.11. The smallest absolute Gasteiger partial charge is 0.326 e. The zero-order valence-electron chi connectivity index (χ0n) is 15.9. The van der Waals surface area contributed by atoms with E-state index in [0.29, 0.717) is 11.3 Å². The topological polar surface area (TPSA) is 66.9 Å². The van der Waals surface area contributed by atoms with Crippen LogP contribution >= 0.6 is 0 Å². The van der Waals surface area contributed by atoms with Crippen LogP contribution < -0.4 is 0 Å². The number of carbonyl (C=O) groups is 3. The van der Waals surface area contributed by atoms with E-state index >= 15 is 0 Å². The van der Waals surface area contributed by atoms with Gasteiger partial charge < -0.3 is 9.64 Å². The summed E-state index contributed by atoms with van der Waals surface area (Å²) < 4.78 is 5.05. The highest BCUT2D eigenvalue weighted by Crippen LogP contribution is 2.34. The molecule has 0 aromatic heterocycles. The van der Waals surface area contributed by atoms with Crippen molar-refractivity contribution in [3.63, 3.8) is 0 Å². The first-order valence-corrected chi connectivity index (χ1v) is 9.11. The van der Waals surface area contributed by atoms with Gasteiger partial charge in [-0.25, -0.2) is 0 Å². The Balaban J connectivity index is 2.11. The monoisotopic (exact) mass is 378 g/mol. The minimum absolute atomic E-state index is 0.220. The zero-order chi connectivity index (χ0) is 20.1. The molecule has 1 atom stereocenters. The molecule has 6 heteroatoms. The fourth-order valence-corrected chi connectivity index (χ4v) is 3.21. The molecule has 28 heavy (non-hydrogen) atoms. The van der Waals surface area contributed by atoms with Gasteiger partial charge in [0.05, 0.1) is 12.3 Å². The summed E-state index contributed by atoms with van der Waals surface area (Å²) >= 11 is 0. The van der Waals surface area contributed by atoms with Crippen LogP contribution in [0.15, 0.2) is 66.9 Å². The molecule has 0 N–H and O–H groups in total. The van der Waals surface area contributed by atoms with E-state index in [1.807, 2.05) is 48.5 Å². The Morgan fingerprint density at radius 3 is 2.18 bits per heavy atom. The van der Waals surface area contributed by atoms with Gasteiger partial charge in [-0.1, -0.05) is 60.7 Å². The van der Waals surface area contributed by atoms with Gasteiger partial charge in [0.1, 0.15) is 12.6 Å². The van der Waals surface area contributed by atoms with Gasteiger partial charge in [0.2, 0.25) is 5.91 Å². The Bertz CT molecular complexity index is 893. The molecule has 2 aromatic carbocycles. The first-order chi connectivity index (χ1) is 13.5. The first kappa shape index (κ1) is 19.4. The van der Waals surface area contributed by atoms with Gasteiger partial charge in [-0.15, -0.1) is 0 Å². The van der Waals surface area contributed by atoms with Crippen LogP contribution in [0.2, 0.25) is 0 Å². The van der Waals surface area contributed by atoms with Crippen LogP contribution in [0.1, 0.15) is 31.0 Å². The number of ether oxygens (including phenoxy) is 1. The highest BCUT2D eigenvalue weighted by Gasteiger charge is 2.39. The molecule has 1 heterocycles. The van der Waals surface area contributed by atoms with Crippen molar-refractivity contribution < 1.29 is 19.1 Å². The Kier molecular flexibility index (Phi) is 5.89. The lowest BCUT2D eigenvalue weighted by atomic mass is 9.99. The van der Waals surface area contributed by atoms with Gasteiger partial charge in [0, 0.05) is 13.1 Å². The van der Waals surface area contributed by atoms with Gasteiger partial charge in [-0.05, 0) is 18.1 Å². The second-order valence-electron chi connectivity index (χ2n) is 6.35. The Morgan fingerprint density at radius 1 is 1.00 bits per heavy atom. The SMILES string of the molecule is CCOC(=O)CN1C(=O)C(c2ccccc2)N(C(C)=O)C=C1c1ccccc1. The Hall–Kier alpha value is -3.41. The van der Waals surface area contributed by atoms with Crippen molar-refractivity contribution in [1.82, 2.24) is 9.80 Å². The van der Waals surface area contributed by atoms with Gasteiger partial charge in [0.25, 0.3) is 5.91 Å². The Morgan fingerprint density at radius 2 is 1.61 bits per heavy atom. The standard InChI is InChI=1S/C22H22N2O4/c1-3-28-20(26)15-24-19(17-10-6-4-7-11-17)14-23(16(2)25)21(22(24)27)18-12-8-5-9-13-18/h4-14,21H,3,15H2,1-2H3. The molecule has 1 aliphatic rings. The molecule has 0 spiro atoms. The van der Waals surface area contributed by atoms with Crippen LogP contribution in [0.25, 0.3) is 5.70 Å². The van der Waals surface area contributed by atoms with Crippen molar-refractivity contribution >= 4 is 23.5 Å². The van der Waals surface area contributed by atoms with E-state index in [0.717, 1.165) is 5.56 Å². The van der Waals surface area contributed by atoms with Crippen molar-refractivity contribution in [2.45, 2.75) is 19.9 Å². The molecule has 6 nitrogen and oxygen atoms in total. The maximum atomic E-state index is 13.4. The molecule has 0 fully saturated rings. The predicted molar refractivity (Wildman–Crippen MR) is 104 cm³/mol. The summed E-state index contributed by atoms with van der Waals surface area (Å²) in [6.07, 6.45) is 1.63. The summed E-state index contributed by atoms with van der Waals surface area (Å²) in [5.41, 5.74) is 1.90. The Labute approximate surface area is 164 Å². The highest BCUT2D eigenvalue weighted by molar-refractivity contribution is 5.99. The van der Waals surface area contributed by atoms with Crippen molar-refractivity contribution in [3.8, 4) is 0 Å². The largest absolute Gasteiger partial charge is 0.465 e. The van der Waals surface area contributed by atoms with E-state index < -0.39 is 12.0 Å². The van der Waals surface area contributed by atoms with Crippen LogP contribution in [0.3, 0.4) is 0 Å². The van der Waals surface area contributed by atoms with Gasteiger partial charge in [-0.3, -0.25) is 19.3 Å². The van der Waals surface area contributed by atoms with Crippen LogP contribution in [0, 0.1) is 0 Å². The van der Waals surface area contributed by atoms with Gasteiger partial charge in [0.15, 0.2) is 0 Å². The average Bonchev–Trinajstić information content (AvgIpc) is 2.70. The molecule has 2 aromatic rings. The number of hydrogen-bond acceptors (Lipinski definition) is 4. The summed E-state index contributed by atoms with van der Waals surface area (Å²) in [4.78, 5) is 40.8. The lowest BCUT2D eigenvalue weighted by Crippen LogP contribution is -2.48. The molecule has 1 aliphatic heterocycles. The summed E-state index contributed by atoms with van der Waals surface area (Å²) in [7, 11) is 0. The zero-order valence-corrected chi connectivity index (χ0v) is 15.9. The van der Waals surface area contributed by atoms with Crippen molar-refractivity contribution in [3.05, 3.63) is 78.0 Å². The average molecular weight is 378 g/mol. The lowest BCUT2D eigenvalue weighted by molar-refractivity contribution is -0.150. The quantitative estimate of drug-likeness (QED) is 0.750. The third-order valence-electron chi connectivity index (χ3n) is 4.47. The molecular formula is C22H22N2O4. The second kappa shape index (κ2) is 8.52. The van der Waals surface area contributed by atoms with Gasteiger partial charge in [-0.2, -0.15) is 0 Å². The molecule has 0 saturated heterocycles. The van der Waals surface area contributed by atoms with Gasteiger partial charge >= 0.3 is 5.97 Å². The van der Waals surface area contributed by atoms with E-state index in [9.17, 15) is 14.4 Å². The summed E-state index contributed by atoms with van der Waals surface area (Å²) in [6, 6.07) is 17.4. The number of amides is 2. The number of rotatable bonds is 5. The van der Waals surface area contributed by atoms with Crippen LogP contribution in [0.5, 0.6) is 0 Å². The molecule has 0 aliphatic carbocycles. The molecular weight excluding hydrogens is 356 g/mol. The van der Waals surface area contributed by atoms with E-state index in [4.69, 9.17) is 4.74 Å². The molecule has 144 valence electrons. The van der Waals surface area contributed by atoms with Crippen molar-refractivity contribution in [2.24, 2.45) is 0 Å². The van der Waals surface area contributed by atoms with Crippen LogP contribution in [0.4, 0.5) is 0 Å². The minimum atomic E-state index is -0.833. The first-order valence-electron chi connectivity index (χ1n) is 9.11. The normalized spacial score (nSPS) is 16.6. The van der Waals surface area contributed by atoms with Crippen LogP contribution in [-0.2, 0) is 19.1 Å². The molecule has 2 amide bonds.